The number of aromatic nitrogens is 1. The van der Waals surface area contributed by atoms with Crippen LogP contribution in [0.4, 0.5) is 4.39 Å². The van der Waals surface area contributed by atoms with E-state index in [1.54, 1.807) is 19.1 Å². The van der Waals surface area contributed by atoms with Crippen molar-refractivity contribution in [3.05, 3.63) is 64.1 Å². The first-order chi connectivity index (χ1) is 13.6. The van der Waals surface area contributed by atoms with Crippen LogP contribution in [0, 0.1) is 5.82 Å². The van der Waals surface area contributed by atoms with Crippen molar-refractivity contribution in [3.8, 4) is 0 Å². The molecule has 4 rings (SSSR count). The minimum Gasteiger partial charge on any atom is -0.339 e. The number of hydrogen-bond donors (Lipinski definition) is 0. The molecule has 1 aliphatic carbocycles. The van der Waals surface area contributed by atoms with Gasteiger partial charge < -0.3 is 9.36 Å². The van der Waals surface area contributed by atoms with Crippen LogP contribution in [0.25, 0.3) is 10.9 Å². The predicted molar refractivity (Wildman–Crippen MR) is 112 cm³/mol. The molecule has 0 saturated carbocycles. The highest BCUT2D eigenvalue weighted by Gasteiger charge is 2.33. The molecule has 152 valence electrons. The molecular weight excluding hydrogens is 413 g/mol. The molecule has 0 N–H and O–H groups in total. The van der Waals surface area contributed by atoms with E-state index >= 15 is 0 Å². The molecule has 0 amide bonds. The van der Waals surface area contributed by atoms with Gasteiger partial charge in [0.05, 0.1) is 10.4 Å². The summed E-state index contributed by atoms with van der Waals surface area (Å²) in [6, 6.07) is 9.85. The van der Waals surface area contributed by atoms with Crippen LogP contribution in [0.3, 0.4) is 0 Å². The number of sulfone groups is 1. The summed E-state index contributed by atoms with van der Waals surface area (Å²) in [7, 11) is -3.65. The topological polar surface area (TPSA) is 56.1 Å². The number of nitrogens with zero attached hydrogens (tertiary/aromatic N) is 1. The lowest BCUT2D eigenvalue weighted by Crippen LogP contribution is -2.11. The van der Waals surface area contributed by atoms with Crippen molar-refractivity contribution in [2.24, 2.45) is 0 Å². The van der Waals surface area contributed by atoms with Gasteiger partial charge in [0.1, 0.15) is 11.6 Å². The number of halogens is 2. The Balaban J connectivity index is 2.02. The Morgan fingerprint density at radius 2 is 1.93 bits per heavy atom. The van der Waals surface area contributed by atoms with Gasteiger partial charge in [0.25, 0.3) is 0 Å². The van der Waals surface area contributed by atoms with Gasteiger partial charge in [-0.25, -0.2) is 12.8 Å². The maximum Gasteiger partial charge on any atom is 0.177 e. The van der Waals surface area contributed by atoms with Crippen LogP contribution in [0.5, 0.6) is 0 Å². The molecule has 7 heteroatoms. The summed E-state index contributed by atoms with van der Waals surface area (Å²) in [6.45, 7) is 1.98. The number of carbonyl (C=O) groups excluding carboxylic acids is 1. The third-order valence-electron chi connectivity index (χ3n) is 5.55. The van der Waals surface area contributed by atoms with Gasteiger partial charge in [-0.05, 0) is 55.2 Å². The van der Waals surface area contributed by atoms with Gasteiger partial charge in [0.15, 0.2) is 9.84 Å². The van der Waals surface area contributed by atoms with Crippen LogP contribution in [0.2, 0.25) is 5.02 Å². The lowest BCUT2D eigenvalue weighted by Gasteiger charge is -2.17. The second-order valence-electron chi connectivity index (χ2n) is 7.79. The Hall–Kier alpha value is -2.18. The van der Waals surface area contributed by atoms with E-state index in [1.807, 2.05) is 16.7 Å². The maximum atomic E-state index is 14.3. The van der Waals surface area contributed by atoms with E-state index in [0.717, 1.165) is 35.6 Å². The molecule has 0 fully saturated rings. The van der Waals surface area contributed by atoms with E-state index in [0.29, 0.717) is 35.3 Å². The highest BCUT2D eigenvalue weighted by molar-refractivity contribution is 7.91. The summed E-state index contributed by atoms with van der Waals surface area (Å²) in [5, 5.41) is 1.24. The Bertz CT molecular complexity index is 1230. The van der Waals surface area contributed by atoms with Crippen LogP contribution < -0.4 is 0 Å². The van der Waals surface area contributed by atoms with Gasteiger partial charge in [-0.3, -0.25) is 0 Å². The van der Waals surface area contributed by atoms with E-state index in [1.165, 1.54) is 6.07 Å². The number of carbonyl (C=O) groups is 1. The summed E-state index contributed by atoms with van der Waals surface area (Å²) < 4.78 is 41.3. The molecule has 0 aliphatic heterocycles. The first-order valence-electron chi connectivity index (χ1n) is 9.43. The highest BCUT2D eigenvalue weighted by Crippen LogP contribution is 2.44. The number of hydrogen-bond acceptors (Lipinski definition) is 3. The number of fused-ring (bicyclic) bond motifs is 3. The van der Waals surface area contributed by atoms with Crippen LogP contribution in [0.15, 0.2) is 41.3 Å². The highest BCUT2D eigenvalue weighted by atomic mass is 35.5. The molecule has 3 aromatic rings. The summed E-state index contributed by atoms with van der Waals surface area (Å²) in [5.74, 6) is -0.488. The fraction of sp³-hybridized carbons (Fsp3) is 0.318. The van der Waals surface area contributed by atoms with E-state index in [9.17, 15) is 17.6 Å². The molecule has 0 saturated heterocycles. The molecule has 1 aliphatic rings. The molecule has 29 heavy (non-hydrogen) atoms. The summed E-state index contributed by atoms with van der Waals surface area (Å²) >= 11 is 6.00. The predicted octanol–water partition coefficient (Wildman–Crippen LogP) is 4.89. The van der Waals surface area contributed by atoms with Gasteiger partial charge in [-0.2, -0.15) is 0 Å². The lowest BCUT2D eigenvalue weighted by atomic mass is 10.0. The van der Waals surface area contributed by atoms with Gasteiger partial charge in [-0.1, -0.05) is 23.7 Å². The SMILES string of the molecule is CC(=O)C[C@H]1CCc2c1n(Cc1ccc(Cl)cc1)c1c(S(C)(=O)=O)cc(F)cc21. The van der Waals surface area contributed by atoms with Gasteiger partial charge in [0, 0.05) is 41.2 Å². The first kappa shape index (κ1) is 20.1. The smallest absolute Gasteiger partial charge is 0.177 e. The second-order valence-corrected chi connectivity index (χ2v) is 10.2. The van der Waals surface area contributed by atoms with Gasteiger partial charge in [0.2, 0.25) is 0 Å². The third-order valence-corrected chi connectivity index (χ3v) is 6.91. The molecule has 0 bridgehead atoms. The third kappa shape index (κ3) is 3.71. The van der Waals surface area contributed by atoms with Crippen LogP contribution in [-0.2, 0) is 27.6 Å². The Morgan fingerprint density at radius 3 is 2.55 bits per heavy atom. The van der Waals surface area contributed by atoms with Crippen molar-refractivity contribution in [2.45, 2.75) is 43.5 Å². The Labute approximate surface area is 174 Å². The van der Waals surface area contributed by atoms with Crippen molar-refractivity contribution >= 4 is 38.1 Å². The van der Waals surface area contributed by atoms with Crippen molar-refractivity contribution in [3.63, 3.8) is 0 Å². The van der Waals surface area contributed by atoms with Crippen LogP contribution in [0.1, 0.15) is 42.5 Å². The van der Waals surface area contributed by atoms with Crippen molar-refractivity contribution in [1.29, 1.82) is 0 Å². The van der Waals surface area contributed by atoms with Crippen molar-refractivity contribution in [1.82, 2.24) is 4.57 Å². The number of aryl methyl sites for hydroxylation is 1. The van der Waals surface area contributed by atoms with Gasteiger partial charge >= 0.3 is 0 Å². The fourth-order valence-corrected chi connectivity index (χ4v) is 5.48. The average Bonchev–Trinajstić information content (AvgIpc) is 3.15. The molecule has 4 nitrogen and oxygen atoms in total. The summed E-state index contributed by atoms with van der Waals surface area (Å²) in [4.78, 5) is 11.8. The van der Waals surface area contributed by atoms with E-state index in [-0.39, 0.29) is 16.6 Å². The number of rotatable bonds is 5. The van der Waals surface area contributed by atoms with E-state index < -0.39 is 15.7 Å². The number of Topliss-reactive ketones (excluding diaryl/α,β-unsaturated/α-hetero) is 1. The molecule has 1 heterocycles. The zero-order chi connectivity index (χ0) is 20.9. The van der Waals surface area contributed by atoms with Crippen LogP contribution in [-0.4, -0.2) is 25.0 Å². The summed E-state index contributed by atoms with van der Waals surface area (Å²) in [5.41, 5.74) is 3.36. The van der Waals surface area contributed by atoms with Crippen molar-refractivity contribution < 1.29 is 17.6 Å². The maximum absolute atomic E-state index is 14.3. The molecular formula is C22H21ClFNO3S. The van der Waals surface area contributed by atoms with Gasteiger partial charge in [-0.15, -0.1) is 0 Å². The quantitative estimate of drug-likeness (QED) is 0.575. The molecule has 1 atom stereocenters. The lowest BCUT2D eigenvalue weighted by molar-refractivity contribution is -0.117. The summed E-state index contributed by atoms with van der Waals surface area (Å²) in [6.07, 6.45) is 2.98. The average molecular weight is 434 g/mol. The first-order valence-corrected chi connectivity index (χ1v) is 11.7. The normalized spacial score (nSPS) is 16.3. The Morgan fingerprint density at radius 1 is 1.24 bits per heavy atom. The molecule has 0 spiro atoms. The number of benzene rings is 2. The number of ketones is 1. The minimum absolute atomic E-state index is 0.00216. The monoisotopic (exact) mass is 433 g/mol. The van der Waals surface area contributed by atoms with E-state index in [2.05, 4.69) is 0 Å². The molecule has 0 unspecified atom stereocenters. The van der Waals surface area contributed by atoms with Crippen LogP contribution >= 0.6 is 11.6 Å². The largest absolute Gasteiger partial charge is 0.339 e. The zero-order valence-corrected chi connectivity index (χ0v) is 17.8. The molecule has 2 aromatic carbocycles. The molecule has 1 aromatic heterocycles. The molecule has 0 radical (unpaired) electrons. The van der Waals surface area contributed by atoms with Crippen molar-refractivity contribution in [2.75, 3.05) is 6.26 Å². The Kier molecular flexibility index (Phi) is 5.03. The second kappa shape index (κ2) is 7.26. The standard InChI is InChI=1S/C22H21ClFNO3S/c1-13(26)9-15-5-8-18-19-10-17(24)11-20(29(2,27)28)22(19)25(21(15)18)12-14-3-6-16(23)7-4-14/h3-4,6-7,10-11,15H,5,8-9,12H2,1-2H3/t15-/m1/s1. The zero-order valence-electron chi connectivity index (χ0n) is 16.2. The fourth-order valence-electron chi connectivity index (χ4n) is 4.45. The minimum atomic E-state index is -3.65. The van der Waals surface area contributed by atoms with E-state index in [4.69, 9.17) is 11.6 Å².